The number of aromatic nitrogens is 3. The van der Waals surface area contributed by atoms with Crippen LogP contribution in [-0.4, -0.2) is 20.9 Å². The third kappa shape index (κ3) is 2.90. The van der Waals surface area contributed by atoms with Crippen molar-refractivity contribution in [3.63, 3.8) is 0 Å². The third-order valence-corrected chi connectivity index (χ3v) is 4.24. The van der Waals surface area contributed by atoms with Crippen LogP contribution in [0, 0.1) is 0 Å². The smallest absolute Gasteiger partial charge is 0.278 e. The van der Waals surface area contributed by atoms with Crippen molar-refractivity contribution < 1.29 is 4.79 Å². The van der Waals surface area contributed by atoms with Gasteiger partial charge in [0.25, 0.3) is 5.91 Å². The fourth-order valence-corrected chi connectivity index (χ4v) is 2.78. The Kier molecular flexibility index (Phi) is 3.78. The van der Waals surface area contributed by atoms with Crippen LogP contribution in [0.3, 0.4) is 0 Å². The SMILES string of the molecule is O=C(Nc1ccc(Cl)cc1)c1nnn(-c2ccccc2)c1C1CC1. The van der Waals surface area contributed by atoms with E-state index in [0.29, 0.717) is 22.3 Å². The minimum absolute atomic E-state index is 0.249. The van der Waals surface area contributed by atoms with Crippen molar-refractivity contribution in [1.29, 1.82) is 0 Å². The van der Waals surface area contributed by atoms with Gasteiger partial charge in [-0.1, -0.05) is 35.0 Å². The van der Waals surface area contributed by atoms with Crippen LogP contribution in [0.2, 0.25) is 5.02 Å². The second kappa shape index (κ2) is 6.09. The van der Waals surface area contributed by atoms with Crippen molar-refractivity contribution in [1.82, 2.24) is 15.0 Å². The van der Waals surface area contributed by atoms with Crippen molar-refractivity contribution in [2.45, 2.75) is 18.8 Å². The van der Waals surface area contributed by atoms with Crippen molar-refractivity contribution in [3.8, 4) is 5.69 Å². The Morgan fingerprint density at radius 2 is 1.79 bits per heavy atom. The lowest BCUT2D eigenvalue weighted by atomic mass is 10.2. The Balaban J connectivity index is 1.67. The van der Waals surface area contributed by atoms with Crippen LogP contribution in [-0.2, 0) is 0 Å². The van der Waals surface area contributed by atoms with E-state index in [2.05, 4.69) is 15.6 Å². The molecule has 4 rings (SSSR count). The highest BCUT2D eigenvalue weighted by molar-refractivity contribution is 6.30. The predicted octanol–water partition coefficient (Wildman–Crippen LogP) is 4.05. The standard InChI is InChI=1S/C18H15ClN4O/c19-13-8-10-14(11-9-13)20-18(24)16-17(12-6-7-12)23(22-21-16)15-4-2-1-3-5-15/h1-5,8-12H,6-7H2,(H,20,24). The Labute approximate surface area is 144 Å². The molecule has 2 aromatic carbocycles. The Morgan fingerprint density at radius 1 is 1.08 bits per heavy atom. The van der Waals surface area contributed by atoms with E-state index in [9.17, 15) is 4.79 Å². The van der Waals surface area contributed by atoms with Crippen LogP contribution in [0.25, 0.3) is 5.69 Å². The van der Waals surface area contributed by atoms with Gasteiger partial charge >= 0.3 is 0 Å². The first-order chi connectivity index (χ1) is 11.7. The number of hydrogen-bond donors (Lipinski definition) is 1. The maximum Gasteiger partial charge on any atom is 0.278 e. The molecular formula is C18H15ClN4O. The first-order valence-electron chi connectivity index (χ1n) is 7.80. The van der Waals surface area contributed by atoms with Gasteiger partial charge in [-0.25, -0.2) is 4.68 Å². The molecule has 1 amide bonds. The number of benzene rings is 2. The van der Waals surface area contributed by atoms with E-state index >= 15 is 0 Å². The van der Waals surface area contributed by atoms with Crippen LogP contribution in [0.4, 0.5) is 5.69 Å². The van der Waals surface area contributed by atoms with Gasteiger partial charge in [0.05, 0.1) is 11.4 Å². The number of carbonyl (C=O) groups excluding carboxylic acids is 1. The molecule has 0 atom stereocenters. The van der Waals surface area contributed by atoms with Gasteiger partial charge in [-0.05, 0) is 49.2 Å². The van der Waals surface area contributed by atoms with Crippen LogP contribution in [0.5, 0.6) is 0 Å². The number of nitrogens with one attached hydrogen (secondary N) is 1. The first-order valence-corrected chi connectivity index (χ1v) is 8.18. The molecule has 24 heavy (non-hydrogen) atoms. The highest BCUT2D eigenvalue weighted by Crippen LogP contribution is 2.42. The summed E-state index contributed by atoms with van der Waals surface area (Å²) in [4.78, 5) is 12.6. The van der Waals surface area contributed by atoms with E-state index in [4.69, 9.17) is 11.6 Å². The summed E-state index contributed by atoms with van der Waals surface area (Å²) in [6, 6.07) is 16.8. The van der Waals surface area contributed by atoms with Gasteiger partial charge in [0, 0.05) is 16.6 Å². The van der Waals surface area contributed by atoms with Gasteiger partial charge in [-0.15, -0.1) is 5.10 Å². The molecule has 0 saturated heterocycles. The number of hydrogen-bond acceptors (Lipinski definition) is 3. The number of rotatable bonds is 4. The lowest BCUT2D eigenvalue weighted by molar-refractivity contribution is 0.102. The number of para-hydroxylation sites is 1. The van der Waals surface area contributed by atoms with Crippen molar-refractivity contribution in [3.05, 3.63) is 71.0 Å². The molecule has 120 valence electrons. The normalized spacial score (nSPS) is 13.7. The minimum atomic E-state index is -0.249. The van der Waals surface area contributed by atoms with E-state index in [0.717, 1.165) is 24.2 Å². The molecule has 1 fully saturated rings. The van der Waals surface area contributed by atoms with Crippen molar-refractivity contribution >= 4 is 23.2 Å². The molecule has 6 heteroatoms. The lowest BCUT2D eigenvalue weighted by Crippen LogP contribution is -2.15. The van der Waals surface area contributed by atoms with E-state index in [-0.39, 0.29) is 5.91 Å². The molecule has 1 heterocycles. The van der Waals surface area contributed by atoms with Crippen LogP contribution in [0.1, 0.15) is 34.9 Å². The molecule has 0 radical (unpaired) electrons. The summed E-state index contributed by atoms with van der Waals surface area (Å²) in [6.45, 7) is 0. The summed E-state index contributed by atoms with van der Waals surface area (Å²) in [6.07, 6.45) is 2.11. The first kappa shape index (κ1) is 14.9. The average molecular weight is 339 g/mol. The van der Waals surface area contributed by atoms with Crippen molar-refractivity contribution in [2.75, 3.05) is 5.32 Å². The van der Waals surface area contributed by atoms with Gasteiger partial charge in [0.2, 0.25) is 0 Å². The maximum atomic E-state index is 12.6. The largest absolute Gasteiger partial charge is 0.321 e. The minimum Gasteiger partial charge on any atom is -0.321 e. The fourth-order valence-electron chi connectivity index (χ4n) is 2.66. The van der Waals surface area contributed by atoms with Gasteiger partial charge < -0.3 is 5.32 Å². The molecule has 1 aliphatic carbocycles. The topological polar surface area (TPSA) is 59.8 Å². The Hall–Kier alpha value is -2.66. The van der Waals surface area contributed by atoms with Crippen LogP contribution in [0.15, 0.2) is 54.6 Å². The zero-order valence-electron chi connectivity index (χ0n) is 12.8. The van der Waals surface area contributed by atoms with Gasteiger partial charge in [0.15, 0.2) is 5.69 Å². The molecule has 0 aliphatic heterocycles. The lowest BCUT2D eigenvalue weighted by Gasteiger charge is -2.07. The van der Waals surface area contributed by atoms with Gasteiger partial charge in [-0.2, -0.15) is 0 Å². The summed E-state index contributed by atoms with van der Waals surface area (Å²) in [5.74, 6) is 0.0903. The monoisotopic (exact) mass is 338 g/mol. The summed E-state index contributed by atoms with van der Waals surface area (Å²) < 4.78 is 1.77. The molecule has 1 aliphatic rings. The molecule has 0 spiro atoms. The average Bonchev–Trinajstić information content (AvgIpc) is 3.35. The molecule has 0 bridgehead atoms. The number of carbonyl (C=O) groups is 1. The number of nitrogens with zero attached hydrogens (tertiary/aromatic N) is 3. The van der Waals surface area contributed by atoms with Crippen LogP contribution < -0.4 is 5.32 Å². The highest BCUT2D eigenvalue weighted by Gasteiger charge is 2.34. The summed E-state index contributed by atoms with van der Waals surface area (Å²) in [5.41, 5.74) is 2.86. The van der Waals surface area contributed by atoms with Crippen LogP contribution >= 0.6 is 11.6 Å². The molecular weight excluding hydrogens is 324 g/mol. The molecule has 1 N–H and O–H groups in total. The highest BCUT2D eigenvalue weighted by atomic mass is 35.5. The second-order valence-electron chi connectivity index (χ2n) is 5.81. The number of amides is 1. The van der Waals surface area contributed by atoms with Crippen molar-refractivity contribution in [2.24, 2.45) is 0 Å². The molecule has 0 unspecified atom stereocenters. The van der Waals surface area contributed by atoms with Gasteiger partial charge in [-0.3, -0.25) is 4.79 Å². The van der Waals surface area contributed by atoms with E-state index in [1.807, 2.05) is 30.3 Å². The summed E-state index contributed by atoms with van der Waals surface area (Å²) in [5, 5.41) is 11.8. The van der Waals surface area contributed by atoms with E-state index in [1.165, 1.54) is 0 Å². The summed E-state index contributed by atoms with van der Waals surface area (Å²) in [7, 11) is 0. The third-order valence-electron chi connectivity index (χ3n) is 3.99. The molecule has 1 saturated carbocycles. The quantitative estimate of drug-likeness (QED) is 0.780. The maximum absolute atomic E-state index is 12.6. The zero-order chi connectivity index (χ0) is 16.5. The fraction of sp³-hybridized carbons (Fsp3) is 0.167. The summed E-state index contributed by atoms with van der Waals surface area (Å²) >= 11 is 5.87. The number of halogens is 1. The molecule has 5 nitrogen and oxygen atoms in total. The zero-order valence-corrected chi connectivity index (χ0v) is 13.6. The predicted molar refractivity (Wildman–Crippen MR) is 92.7 cm³/mol. The molecule has 1 aromatic heterocycles. The van der Waals surface area contributed by atoms with E-state index < -0.39 is 0 Å². The van der Waals surface area contributed by atoms with E-state index in [1.54, 1.807) is 28.9 Å². The Morgan fingerprint density at radius 3 is 2.46 bits per heavy atom. The number of anilines is 1. The Bertz CT molecular complexity index is 870. The van der Waals surface area contributed by atoms with Gasteiger partial charge in [0.1, 0.15) is 0 Å². The molecule has 3 aromatic rings. The second-order valence-corrected chi connectivity index (χ2v) is 6.24.